The quantitative estimate of drug-likeness (QED) is 0.768. The van der Waals surface area contributed by atoms with E-state index in [4.69, 9.17) is 4.42 Å². The molecule has 0 radical (unpaired) electrons. The number of hydrogen-bond acceptors (Lipinski definition) is 3. The lowest BCUT2D eigenvalue weighted by Gasteiger charge is -2.07. The number of rotatable bonds is 3. The highest BCUT2D eigenvalue weighted by atomic mass is 16.3. The van der Waals surface area contributed by atoms with Crippen molar-refractivity contribution in [3.63, 3.8) is 0 Å². The largest absolute Gasteiger partial charge is 0.469 e. The molecule has 15 heavy (non-hydrogen) atoms. The second-order valence-electron chi connectivity index (χ2n) is 3.47. The van der Waals surface area contributed by atoms with Crippen molar-refractivity contribution in [1.29, 1.82) is 0 Å². The van der Waals surface area contributed by atoms with Crippen molar-refractivity contribution in [2.75, 3.05) is 0 Å². The summed E-state index contributed by atoms with van der Waals surface area (Å²) in [6, 6.07) is 5.42. The van der Waals surface area contributed by atoms with E-state index in [1.807, 2.05) is 19.1 Å². The first-order chi connectivity index (χ1) is 7.27. The summed E-state index contributed by atoms with van der Waals surface area (Å²) in [5.41, 5.74) is 0. The third-order valence-corrected chi connectivity index (χ3v) is 2.24. The number of carbonyl (C=O) groups excluding carboxylic acids is 1. The summed E-state index contributed by atoms with van der Waals surface area (Å²) in [5, 5.41) is 3.90. The molecule has 0 amide bonds. The fourth-order valence-corrected chi connectivity index (χ4v) is 1.44. The maximum absolute atomic E-state index is 11.8. The zero-order valence-corrected chi connectivity index (χ0v) is 8.46. The predicted molar refractivity (Wildman–Crippen MR) is 54.4 cm³/mol. The highest BCUT2D eigenvalue weighted by molar-refractivity contribution is 5.80. The zero-order valence-electron chi connectivity index (χ0n) is 8.46. The Kier molecular flexibility index (Phi) is 2.67. The summed E-state index contributed by atoms with van der Waals surface area (Å²) in [7, 11) is 0. The van der Waals surface area contributed by atoms with Gasteiger partial charge in [-0.15, -0.1) is 0 Å². The van der Waals surface area contributed by atoms with Crippen LogP contribution in [0.25, 0.3) is 0 Å². The molecule has 0 fully saturated rings. The molecule has 2 heterocycles. The Labute approximate surface area is 87.5 Å². The Balaban J connectivity index is 2.03. The van der Waals surface area contributed by atoms with Crippen molar-refractivity contribution in [1.82, 2.24) is 9.78 Å². The SMILES string of the molecule is C[C@H](Cc1ccco1)C(=O)n1cccn1. The van der Waals surface area contributed by atoms with Crippen LogP contribution in [0.3, 0.4) is 0 Å². The molecule has 0 aliphatic carbocycles. The van der Waals surface area contributed by atoms with Crippen molar-refractivity contribution in [3.05, 3.63) is 42.6 Å². The maximum Gasteiger partial charge on any atom is 0.250 e. The number of aromatic nitrogens is 2. The van der Waals surface area contributed by atoms with Gasteiger partial charge in [-0.05, 0) is 18.2 Å². The van der Waals surface area contributed by atoms with Crippen LogP contribution in [0.2, 0.25) is 0 Å². The molecular formula is C11H12N2O2. The molecule has 1 atom stereocenters. The van der Waals surface area contributed by atoms with Crippen LogP contribution >= 0.6 is 0 Å². The van der Waals surface area contributed by atoms with Gasteiger partial charge in [-0.25, -0.2) is 4.68 Å². The lowest BCUT2D eigenvalue weighted by molar-refractivity contribution is 0.0824. The summed E-state index contributed by atoms with van der Waals surface area (Å²) in [6.45, 7) is 1.87. The summed E-state index contributed by atoms with van der Waals surface area (Å²) >= 11 is 0. The first-order valence-electron chi connectivity index (χ1n) is 4.83. The predicted octanol–water partition coefficient (Wildman–Crippen LogP) is 2.00. The molecule has 0 spiro atoms. The Morgan fingerprint density at radius 3 is 3.07 bits per heavy atom. The van der Waals surface area contributed by atoms with E-state index in [9.17, 15) is 4.79 Å². The number of hydrogen-bond donors (Lipinski definition) is 0. The Morgan fingerprint density at radius 2 is 2.47 bits per heavy atom. The molecule has 2 aromatic rings. The average molecular weight is 204 g/mol. The third kappa shape index (κ3) is 2.15. The highest BCUT2D eigenvalue weighted by Gasteiger charge is 2.16. The molecular weight excluding hydrogens is 192 g/mol. The normalized spacial score (nSPS) is 12.6. The van der Waals surface area contributed by atoms with E-state index in [1.165, 1.54) is 4.68 Å². The minimum Gasteiger partial charge on any atom is -0.469 e. The molecule has 78 valence electrons. The molecule has 0 bridgehead atoms. The smallest absolute Gasteiger partial charge is 0.250 e. The van der Waals surface area contributed by atoms with Gasteiger partial charge in [0.15, 0.2) is 0 Å². The van der Waals surface area contributed by atoms with Crippen LogP contribution in [-0.2, 0) is 6.42 Å². The van der Waals surface area contributed by atoms with E-state index in [0.717, 1.165) is 5.76 Å². The van der Waals surface area contributed by atoms with Crippen molar-refractivity contribution >= 4 is 5.91 Å². The first-order valence-corrected chi connectivity index (χ1v) is 4.83. The minimum atomic E-state index is -0.129. The maximum atomic E-state index is 11.8. The van der Waals surface area contributed by atoms with Crippen LogP contribution in [0.15, 0.2) is 41.3 Å². The van der Waals surface area contributed by atoms with Gasteiger partial charge in [-0.3, -0.25) is 4.79 Å². The topological polar surface area (TPSA) is 48.0 Å². The molecule has 0 aliphatic rings. The number of nitrogens with zero attached hydrogens (tertiary/aromatic N) is 2. The fraction of sp³-hybridized carbons (Fsp3) is 0.273. The molecule has 4 nitrogen and oxygen atoms in total. The van der Waals surface area contributed by atoms with Gasteiger partial charge in [-0.1, -0.05) is 6.92 Å². The molecule has 2 rings (SSSR count). The second-order valence-corrected chi connectivity index (χ2v) is 3.47. The van der Waals surface area contributed by atoms with E-state index in [0.29, 0.717) is 6.42 Å². The van der Waals surface area contributed by atoms with Crippen LogP contribution in [0.5, 0.6) is 0 Å². The van der Waals surface area contributed by atoms with E-state index in [2.05, 4.69) is 5.10 Å². The summed E-state index contributed by atoms with van der Waals surface area (Å²) in [6.07, 6.45) is 5.46. The standard InChI is InChI=1S/C11H12N2O2/c1-9(8-10-4-2-7-15-10)11(14)13-6-3-5-12-13/h2-7,9H,8H2,1H3/t9-/m1/s1. The minimum absolute atomic E-state index is 0.0172. The monoisotopic (exact) mass is 204 g/mol. The summed E-state index contributed by atoms with van der Waals surface area (Å²) in [5.74, 6) is 0.676. The fourth-order valence-electron chi connectivity index (χ4n) is 1.44. The Morgan fingerprint density at radius 1 is 1.60 bits per heavy atom. The van der Waals surface area contributed by atoms with Crippen LogP contribution in [-0.4, -0.2) is 15.7 Å². The number of furan rings is 1. The van der Waals surface area contributed by atoms with Crippen molar-refractivity contribution < 1.29 is 9.21 Å². The van der Waals surface area contributed by atoms with E-state index in [1.54, 1.807) is 24.7 Å². The van der Waals surface area contributed by atoms with Gasteiger partial charge in [0.25, 0.3) is 0 Å². The highest BCUT2D eigenvalue weighted by Crippen LogP contribution is 2.10. The summed E-state index contributed by atoms with van der Waals surface area (Å²) in [4.78, 5) is 11.8. The van der Waals surface area contributed by atoms with Crippen LogP contribution in [0, 0.1) is 5.92 Å². The number of carbonyl (C=O) groups is 1. The molecule has 4 heteroatoms. The van der Waals surface area contributed by atoms with Crippen molar-refractivity contribution in [3.8, 4) is 0 Å². The molecule has 0 unspecified atom stereocenters. The van der Waals surface area contributed by atoms with Crippen LogP contribution in [0.4, 0.5) is 0 Å². The van der Waals surface area contributed by atoms with Crippen molar-refractivity contribution in [2.45, 2.75) is 13.3 Å². The first kappa shape index (κ1) is 9.71. The van der Waals surface area contributed by atoms with Crippen LogP contribution < -0.4 is 0 Å². The average Bonchev–Trinajstić information content (AvgIpc) is 2.88. The molecule has 0 aliphatic heterocycles. The summed E-state index contributed by atoms with van der Waals surface area (Å²) < 4.78 is 6.54. The van der Waals surface area contributed by atoms with Gasteiger partial charge in [0.05, 0.1) is 6.26 Å². The zero-order chi connectivity index (χ0) is 10.7. The van der Waals surface area contributed by atoms with E-state index in [-0.39, 0.29) is 11.8 Å². The lowest BCUT2D eigenvalue weighted by Crippen LogP contribution is -2.21. The molecule has 0 saturated heterocycles. The molecule has 2 aromatic heterocycles. The van der Waals surface area contributed by atoms with Gasteiger partial charge >= 0.3 is 0 Å². The van der Waals surface area contributed by atoms with Gasteiger partial charge < -0.3 is 4.42 Å². The lowest BCUT2D eigenvalue weighted by atomic mass is 10.1. The molecule has 0 N–H and O–H groups in total. The van der Waals surface area contributed by atoms with Gasteiger partial charge in [0, 0.05) is 24.7 Å². The van der Waals surface area contributed by atoms with Gasteiger partial charge in [-0.2, -0.15) is 5.10 Å². The Bertz CT molecular complexity index is 417. The van der Waals surface area contributed by atoms with Crippen LogP contribution in [0.1, 0.15) is 17.5 Å². The Hall–Kier alpha value is -1.84. The second kappa shape index (κ2) is 4.13. The molecule has 0 saturated carbocycles. The van der Waals surface area contributed by atoms with E-state index >= 15 is 0 Å². The van der Waals surface area contributed by atoms with Crippen molar-refractivity contribution in [2.24, 2.45) is 5.92 Å². The van der Waals surface area contributed by atoms with Gasteiger partial charge in [0.1, 0.15) is 5.76 Å². The van der Waals surface area contributed by atoms with Gasteiger partial charge in [0.2, 0.25) is 5.91 Å². The third-order valence-electron chi connectivity index (χ3n) is 2.24. The van der Waals surface area contributed by atoms with E-state index < -0.39 is 0 Å². The molecule has 0 aromatic carbocycles.